The van der Waals surface area contributed by atoms with Gasteiger partial charge in [0.05, 0.1) is 6.54 Å². The SMILES string of the molecule is CCc1cccc(CC)c1NC(=O)CN1CCNCC1.Cl.Cl. The van der Waals surface area contributed by atoms with Crippen molar-refractivity contribution >= 4 is 36.4 Å². The maximum Gasteiger partial charge on any atom is 0.238 e. The summed E-state index contributed by atoms with van der Waals surface area (Å²) < 4.78 is 0. The highest BCUT2D eigenvalue weighted by molar-refractivity contribution is 5.93. The van der Waals surface area contributed by atoms with E-state index >= 15 is 0 Å². The molecule has 126 valence electrons. The van der Waals surface area contributed by atoms with Gasteiger partial charge in [0.25, 0.3) is 0 Å². The second-order valence-corrected chi connectivity index (χ2v) is 5.23. The molecule has 0 atom stereocenters. The van der Waals surface area contributed by atoms with Crippen molar-refractivity contribution in [2.45, 2.75) is 26.7 Å². The van der Waals surface area contributed by atoms with E-state index in [1.54, 1.807) is 0 Å². The van der Waals surface area contributed by atoms with Crippen molar-refractivity contribution in [3.63, 3.8) is 0 Å². The average molecular weight is 348 g/mol. The number of benzene rings is 1. The van der Waals surface area contributed by atoms with E-state index in [9.17, 15) is 4.79 Å². The molecule has 1 aromatic carbocycles. The van der Waals surface area contributed by atoms with Crippen LogP contribution in [0.4, 0.5) is 5.69 Å². The van der Waals surface area contributed by atoms with Crippen LogP contribution in [-0.2, 0) is 17.6 Å². The average Bonchev–Trinajstić information content (AvgIpc) is 2.48. The molecule has 1 fully saturated rings. The zero-order chi connectivity index (χ0) is 14.4. The summed E-state index contributed by atoms with van der Waals surface area (Å²) in [6, 6.07) is 6.27. The molecule has 22 heavy (non-hydrogen) atoms. The molecular formula is C16H27Cl2N3O. The Morgan fingerprint density at radius 1 is 1.14 bits per heavy atom. The van der Waals surface area contributed by atoms with E-state index in [1.807, 2.05) is 0 Å². The van der Waals surface area contributed by atoms with Crippen molar-refractivity contribution in [3.05, 3.63) is 29.3 Å². The van der Waals surface area contributed by atoms with Crippen LogP contribution in [-0.4, -0.2) is 43.5 Å². The number of rotatable bonds is 5. The van der Waals surface area contributed by atoms with Gasteiger partial charge in [0, 0.05) is 31.9 Å². The third-order valence-corrected chi connectivity index (χ3v) is 3.84. The Labute approximate surface area is 145 Å². The molecule has 1 aliphatic rings. The highest BCUT2D eigenvalue weighted by atomic mass is 35.5. The summed E-state index contributed by atoms with van der Waals surface area (Å²) in [6.07, 6.45) is 1.88. The molecular weight excluding hydrogens is 321 g/mol. The molecule has 0 aliphatic carbocycles. The Bertz CT molecular complexity index is 440. The molecule has 1 saturated heterocycles. The number of hydrogen-bond acceptors (Lipinski definition) is 3. The molecule has 0 aromatic heterocycles. The van der Waals surface area contributed by atoms with E-state index in [0.29, 0.717) is 6.54 Å². The molecule has 0 radical (unpaired) electrons. The fourth-order valence-electron chi connectivity index (χ4n) is 2.65. The van der Waals surface area contributed by atoms with Gasteiger partial charge in [-0.25, -0.2) is 0 Å². The Hall–Kier alpha value is -0.810. The first kappa shape index (κ1) is 21.2. The summed E-state index contributed by atoms with van der Waals surface area (Å²) in [7, 11) is 0. The second kappa shape index (κ2) is 10.8. The molecule has 1 aromatic rings. The van der Waals surface area contributed by atoms with Crippen LogP contribution < -0.4 is 10.6 Å². The Morgan fingerprint density at radius 3 is 2.18 bits per heavy atom. The van der Waals surface area contributed by atoms with Crippen LogP contribution in [0.1, 0.15) is 25.0 Å². The van der Waals surface area contributed by atoms with Gasteiger partial charge >= 0.3 is 0 Å². The van der Waals surface area contributed by atoms with E-state index in [2.05, 4.69) is 47.6 Å². The molecule has 1 heterocycles. The van der Waals surface area contributed by atoms with Gasteiger partial charge in [-0.05, 0) is 24.0 Å². The molecule has 2 rings (SSSR count). The maximum absolute atomic E-state index is 12.2. The number of nitrogens with zero attached hydrogens (tertiary/aromatic N) is 1. The smallest absolute Gasteiger partial charge is 0.238 e. The number of halogens is 2. The van der Waals surface area contributed by atoms with Crippen LogP contribution in [0.3, 0.4) is 0 Å². The lowest BCUT2D eigenvalue weighted by molar-refractivity contribution is -0.117. The maximum atomic E-state index is 12.2. The predicted octanol–water partition coefficient (Wildman–Crippen LogP) is 2.50. The lowest BCUT2D eigenvalue weighted by Gasteiger charge is -2.26. The minimum Gasteiger partial charge on any atom is -0.324 e. The first-order chi connectivity index (χ1) is 9.74. The summed E-state index contributed by atoms with van der Waals surface area (Å²) in [6.45, 7) is 8.58. The van der Waals surface area contributed by atoms with Crippen LogP contribution in [0.25, 0.3) is 0 Å². The number of amides is 1. The molecule has 0 saturated carbocycles. The second-order valence-electron chi connectivity index (χ2n) is 5.23. The number of para-hydroxylation sites is 1. The number of anilines is 1. The van der Waals surface area contributed by atoms with Crippen molar-refractivity contribution in [2.75, 3.05) is 38.0 Å². The van der Waals surface area contributed by atoms with Gasteiger partial charge in [-0.1, -0.05) is 32.0 Å². The summed E-state index contributed by atoms with van der Waals surface area (Å²) >= 11 is 0. The topological polar surface area (TPSA) is 44.4 Å². The number of carbonyl (C=O) groups is 1. The fraction of sp³-hybridized carbons (Fsp3) is 0.562. The van der Waals surface area contributed by atoms with Crippen LogP contribution in [0.15, 0.2) is 18.2 Å². The lowest BCUT2D eigenvalue weighted by Crippen LogP contribution is -2.46. The molecule has 1 aliphatic heterocycles. The summed E-state index contributed by atoms with van der Waals surface area (Å²) in [5.74, 6) is 0.0995. The van der Waals surface area contributed by atoms with E-state index in [0.717, 1.165) is 44.7 Å². The van der Waals surface area contributed by atoms with E-state index in [1.165, 1.54) is 11.1 Å². The Kier molecular flexibility index (Phi) is 10.4. The zero-order valence-corrected chi connectivity index (χ0v) is 15.0. The van der Waals surface area contributed by atoms with Gasteiger partial charge in [-0.2, -0.15) is 0 Å². The molecule has 0 spiro atoms. The van der Waals surface area contributed by atoms with E-state index in [4.69, 9.17) is 0 Å². The lowest BCUT2D eigenvalue weighted by atomic mass is 10.0. The van der Waals surface area contributed by atoms with Gasteiger partial charge in [-0.15, -0.1) is 24.8 Å². The van der Waals surface area contributed by atoms with Crippen LogP contribution in [0.2, 0.25) is 0 Å². The van der Waals surface area contributed by atoms with E-state index < -0.39 is 0 Å². The first-order valence-corrected chi connectivity index (χ1v) is 7.58. The van der Waals surface area contributed by atoms with Gasteiger partial charge in [0.15, 0.2) is 0 Å². The molecule has 0 unspecified atom stereocenters. The quantitative estimate of drug-likeness (QED) is 0.859. The fourth-order valence-corrected chi connectivity index (χ4v) is 2.65. The third-order valence-electron chi connectivity index (χ3n) is 3.84. The number of carbonyl (C=O) groups excluding carboxylic acids is 1. The summed E-state index contributed by atoms with van der Waals surface area (Å²) in [4.78, 5) is 14.4. The van der Waals surface area contributed by atoms with Crippen molar-refractivity contribution in [1.29, 1.82) is 0 Å². The number of hydrogen-bond donors (Lipinski definition) is 2. The van der Waals surface area contributed by atoms with Gasteiger partial charge < -0.3 is 10.6 Å². The molecule has 6 heteroatoms. The minimum atomic E-state index is 0. The Morgan fingerprint density at radius 2 is 1.68 bits per heavy atom. The summed E-state index contributed by atoms with van der Waals surface area (Å²) in [5.41, 5.74) is 3.47. The van der Waals surface area contributed by atoms with Crippen LogP contribution in [0, 0.1) is 0 Å². The van der Waals surface area contributed by atoms with Crippen molar-refractivity contribution in [2.24, 2.45) is 0 Å². The van der Waals surface area contributed by atoms with Gasteiger partial charge in [0.2, 0.25) is 5.91 Å². The summed E-state index contributed by atoms with van der Waals surface area (Å²) in [5, 5.41) is 6.43. The van der Waals surface area contributed by atoms with Crippen molar-refractivity contribution in [3.8, 4) is 0 Å². The third kappa shape index (κ3) is 5.76. The highest BCUT2D eigenvalue weighted by Gasteiger charge is 2.15. The largest absolute Gasteiger partial charge is 0.324 e. The molecule has 4 nitrogen and oxygen atoms in total. The van der Waals surface area contributed by atoms with Crippen LogP contribution >= 0.6 is 24.8 Å². The highest BCUT2D eigenvalue weighted by Crippen LogP contribution is 2.22. The molecule has 1 amide bonds. The normalized spacial score (nSPS) is 14.6. The number of aryl methyl sites for hydroxylation is 2. The monoisotopic (exact) mass is 347 g/mol. The van der Waals surface area contributed by atoms with E-state index in [-0.39, 0.29) is 30.7 Å². The minimum absolute atomic E-state index is 0. The Balaban J connectivity index is 0.00000220. The number of nitrogens with one attached hydrogen (secondary N) is 2. The predicted molar refractivity (Wildman–Crippen MR) is 97.6 cm³/mol. The molecule has 2 N–H and O–H groups in total. The van der Waals surface area contributed by atoms with Crippen molar-refractivity contribution < 1.29 is 4.79 Å². The number of piperazine rings is 1. The standard InChI is InChI=1S/C16H25N3O.2ClH/c1-3-13-6-5-7-14(4-2)16(13)18-15(20)12-19-10-8-17-9-11-19;;/h5-7,17H,3-4,8-12H2,1-2H3,(H,18,20);2*1H. The van der Waals surface area contributed by atoms with Crippen molar-refractivity contribution in [1.82, 2.24) is 10.2 Å². The van der Waals surface area contributed by atoms with Crippen LogP contribution in [0.5, 0.6) is 0 Å². The van der Waals surface area contributed by atoms with Gasteiger partial charge in [0.1, 0.15) is 0 Å². The first-order valence-electron chi connectivity index (χ1n) is 7.58. The zero-order valence-electron chi connectivity index (χ0n) is 13.4. The van der Waals surface area contributed by atoms with Gasteiger partial charge in [-0.3, -0.25) is 9.69 Å². The molecule has 0 bridgehead atoms.